The number of nitrogens with one attached hydrogen (secondary N) is 1. The van der Waals surface area contributed by atoms with Crippen LogP contribution in [0.25, 0.3) is 11.2 Å². The van der Waals surface area contributed by atoms with Gasteiger partial charge in [-0.25, -0.2) is 24.4 Å². The van der Waals surface area contributed by atoms with E-state index in [1.807, 2.05) is 0 Å². The number of rotatable bonds is 29. The van der Waals surface area contributed by atoms with E-state index in [1.165, 1.54) is 53.6 Å². The summed E-state index contributed by atoms with van der Waals surface area (Å²) in [7, 11) is -6.59. The Kier molecular flexibility index (Phi) is 24.0. The van der Waals surface area contributed by atoms with Gasteiger partial charge in [0.05, 0.1) is 67.6 Å². The van der Waals surface area contributed by atoms with Gasteiger partial charge in [-0.2, -0.15) is 4.98 Å². The van der Waals surface area contributed by atoms with Crippen molar-refractivity contribution in [3.8, 4) is 0 Å². The summed E-state index contributed by atoms with van der Waals surface area (Å²) in [5.74, 6) is -6.93. The number of imidazole rings is 1. The molecule has 6 aromatic carbocycles. The number of hydrogen-bond donors (Lipinski definition) is 1. The number of hydrogen-bond acceptors (Lipinski definition) is 23. The van der Waals surface area contributed by atoms with E-state index < -0.39 is 149 Å². The maximum Gasteiger partial charge on any atom is 0.343 e. The minimum absolute atomic E-state index is 0.0624. The normalized spacial score (nSPS) is 21.3. The van der Waals surface area contributed by atoms with Gasteiger partial charge < -0.3 is 56.2 Å². The first-order valence-corrected chi connectivity index (χ1v) is 35.3. The van der Waals surface area contributed by atoms with Crippen LogP contribution in [0, 0.1) is 11.8 Å². The Bertz CT molecular complexity index is 4160. The second-order valence-electron chi connectivity index (χ2n) is 23.3. The van der Waals surface area contributed by atoms with Gasteiger partial charge in [0.1, 0.15) is 17.6 Å². The summed E-state index contributed by atoms with van der Waals surface area (Å²) >= 11 is 1.07. The molecule has 2 unspecified atom stereocenters. The van der Waals surface area contributed by atoms with Crippen molar-refractivity contribution in [3.05, 3.63) is 226 Å². The topological polar surface area (TPSA) is 300 Å². The van der Waals surface area contributed by atoms with Gasteiger partial charge in [-0.3, -0.25) is 33.1 Å². The van der Waals surface area contributed by atoms with Crippen molar-refractivity contribution in [2.75, 3.05) is 33.2 Å². The monoisotopic (exact) mass is 1380 g/mol. The lowest BCUT2D eigenvalue weighted by atomic mass is 9.98. The van der Waals surface area contributed by atoms with Crippen LogP contribution in [0.2, 0.25) is 0 Å². The molecule has 4 heterocycles. The Labute approximate surface area is 563 Å². The summed E-state index contributed by atoms with van der Waals surface area (Å²) in [5, 5.41) is 0. The van der Waals surface area contributed by atoms with E-state index in [9.17, 15) is 28.8 Å². The number of thioether (sulfide) groups is 1. The fourth-order valence-electron chi connectivity index (χ4n) is 9.96. The number of esters is 5. The minimum atomic E-state index is -5.02. The lowest BCUT2D eigenvalue weighted by Gasteiger charge is -2.44. The number of aromatic amines is 1. The highest BCUT2D eigenvalue weighted by atomic mass is 32.2. The Balaban J connectivity index is 1.05. The first-order valence-electron chi connectivity index (χ1n) is 31.0. The smallest absolute Gasteiger partial charge is 0.343 e. The Hall–Kier alpha value is -8.94. The molecule has 2 saturated heterocycles. The summed E-state index contributed by atoms with van der Waals surface area (Å²) in [4.78, 5) is 102. The molecule has 11 atom stereocenters. The van der Waals surface area contributed by atoms with Crippen molar-refractivity contribution in [2.24, 2.45) is 16.8 Å². The molecule has 97 heavy (non-hydrogen) atoms. The van der Waals surface area contributed by atoms with Gasteiger partial charge >= 0.3 is 45.0 Å². The molecule has 0 saturated carbocycles. The van der Waals surface area contributed by atoms with Crippen molar-refractivity contribution >= 4 is 80.3 Å². The molecule has 0 bridgehead atoms. The van der Waals surface area contributed by atoms with Gasteiger partial charge in [-0.1, -0.05) is 173 Å². The molecule has 2 fully saturated rings. The second kappa shape index (κ2) is 32.9. The summed E-state index contributed by atoms with van der Waals surface area (Å²) < 4.78 is 104. The van der Waals surface area contributed by atoms with E-state index in [-0.39, 0.29) is 33.8 Å². The van der Waals surface area contributed by atoms with Crippen LogP contribution in [0.1, 0.15) is 76.1 Å². The Morgan fingerprint density at radius 2 is 0.990 bits per heavy atom. The van der Waals surface area contributed by atoms with Gasteiger partial charge in [0, 0.05) is 19.0 Å². The van der Waals surface area contributed by atoms with Gasteiger partial charge in [-0.05, 0) is 59.7 Å². The van der Waals surface area contributed by atoms with Gasteiger partial charge in [-0.15, -0.1) is 0 Å². The lowest BCUT2D eigenvalue weighted by molar-refractivity contribution is -0.205. The number of aliphatic imine (C=N–C) groups is 1. The highest BCUT2D eigenvalue weighted by molar-refractivity contribution is 7.99. The number of nitrogens with zero attached hydrogens (tertiary/aromatic N) is 5. The van der Waals surface area contributed by atoms with Crippen LogP contribution in [-0.4, -0.2) is 142 Å². The van der Waals surface area contributed by atoms with E-state index in [0.717, 1.165) is 11.8 Å². The number of fused-ring (bicyclic) bond motifs is 1. The zero-order valence-corrected chi connectivity index (χ0v) is 56.3. The van der Waals surface area contributed by atoms with E-state index in [0.29, 0.717) is 16.0 Å². The molecule has 508 valence electrons. The molecule has 0 radical (unpaired) electrons. The molecule has 2 aliphatic heterocycles. The quantitative estimate of drug-likeness (QED) is 0.0150. The summed E-state index contributed by atoms with van der Waals surface area (Å²) in [6, 6.07) is 49.8. The SMILES string of the molecule is CC(C)C(=O)O[C@@H]1[C@H](OC(=O)C(C)C)[C@@H](COP(=O)(CP(=O)(OCc2ccccc2)OC[C@H]2O[C@@H](Sc3ccccc3)[C@H](OC(=O)c3ccccc3)[C@@H](OC(=O)c3ccccc3)[C@H]2OC(=O)c2ccccc2)OCc2ccccc2)O[C@H]1n1cnc2c(=O)[nH]c(/N=C/N(C)C)nc21. The van der Waals surface area contributed by atoms with Crippen LogP contribution in [0.5, 0.6) is 0 Å². The number of carbonyl (C=O) groups excluding carboxylic acids is 5. The molecule has 1 N–H and O–H groups in total. The lowest BCUT2D eigenvalue weighted by Crippen LogP contribution is -2.61. The van der Waals surface area contributed by atoms with Crippen molar-refractivity contribution in [3.63, 3.8) is 0 Å². The fourth-order valence-corrected chi connectivity index (χ4v) is 15.7. The molecular formula is C69H72N6O19P2S. The molecule has 2 aliphatic rings. The third-order valence-electron chi connectivity index (χ3n) is 14.9. The highest BCUT2D eigenvalue weighted by Gasteiger charge is 2.56. The molecule has 0 amide bonds. The minimum Gasteiger partial charge on any atom is -0.455 e. The number of carbonyl (C=O) groups is 5. The van der Waals surface area contributed by atoms with Gasteiger partial charge in [0.25, 0.3) is 5.56 Å². The first-order chi connectivity index (χ1) is 46.7. The van der Waals surface area contributed by atoms with Crippen LogP contribution in [0.15, 0.2) is 203 Å². The van der Waals surface area contributed by atoms with Crippen LogP contribution >= 0.6 is 27.0 Å². The molecule has 0 spiro atoms. The van der Waals surface area contributed by atoms with Crippen molar-refractivity contribution < 1.29 is 84.4 Å². The van der Waals surface area contributed by atoms with Crippen LogP contribution in [-0.2, 0) is 83.2 Å². The number of H-pyrrole nitrogens is 1. The first kappa shape index (κ1) is 70.8. The highest BCUT2D eigenvalue weighted by Crippen LogP contribution is 2.65. The predicted octanol–water partition coefficient (Wildman–Crippen LogP) is 11.4. The average molecular weight is 1380 g/mol. The molecule has 8 aromatic rings. The van der Waals surface area contributed by atoms with Crippen molar-refractivity contribution in [1.82, 2.24) is 24.4 Å². The molecular weight excluding hydrogens is 1310 g/mol. The average Bonchev–Trinajstić information content (AvgIpc) is 1.70. The standard InChI is InChI=1S/C69H72N6O19P2S/c1-44(2)63(77)90-56-52(88-62(58(56)93-64(78)45(3)4)75-42-70-54-60(75)72-69(73-61(54)76)71-41-74(5)6)39-86-95(82,84-37-46-25-13-7-14-26-46)43-96(83,85-38-47-27-15-8-16-28-47)87-40-53-55(91-65(79)48-29-17-9-18-30-48)57(92-66(80)49-31-19-10-20-32-49)59(94-67(81)50-33-21-11-22-34-50)68(89-53)97-51-35-23-12-24-36-51/h7-36,41-42,44-45,52-53,55-59,62,68H,37-40,43H2,1-6H3,(H,72,73,76)/b71-41+/t52-,53-,55+,56-,57+,58-,59-,62-,68+,95?,96?/m1/s1. The maximum absolute atomic E-state index is 16.3. The second-order valence-corrected chi connectivity index (χ2v) is 29.0. The van der Waals surface area contributed by atoms with Gasteiger partial charge in [0.2, 0.25) is 5.95 Å². The molecule has 2 aromatic heterocycles. The third kappa shape index (κ3) is 18.8. The summed E-state index contributed by atoms with van der Waals surface area (Å²) in [5.41, 5.74) is -0.946. The van der Waals surface area contributed by atoms with Crippen LogP contribution in [0.4, 0.5) is 5.95 Å². The van der Waals surface area contributed by atoms with Gasteiger partial charge in [0.15, 0.2) is 53.8 Å². The zero-order chi connectivity index (χ0) is 68.6. The number of aromatic nitrogens is 4. The number of benzene rings is 6. The Morgan fingerprint density at radius 3 is 1.46 bits per heavy atom. The molecule has 0 aliphatic carbocycles. The summed E-state index contributed by atoms with van der Waals surface area (Å²) in [6.07, 6.45) is -10.0. The summed E-state index contributed by atoms with van der Waals surface area (Å²) in [6.45, 7) is 3.86. The molecule has 28 heteroatoms. The molecule has 25 nitrogen and oxygen atoms in total. The Morgan fingerprint density at radius 1 is 0.567 bits per heavy atom. The zero-order valence-electron chi connectivity index (χ0n) is 53.7. The molecule has 10 rings (SSSR count). The maximum atomic E-state index is 16.3. The van der Waals surface area contributed by atoms with E-state index in [1.54, 1.807) is 192 Å². The van der Waals surface area contributed by atoms with Crippen molar-refractivity contribution in [2.45, 2.75) is 100 Å². The fraction of sp³-hybridized carbons (Fsp3) is 0.319. The van der Waals surface area contributed by atoms with Crippen molar-refractivity contribution in [1.29, 1.82) is 0 Å². The van der Waals surface area contributed by atoms with E-state index >= 15 is 9.13 Å². The predicted molar refractivity (Wildman–Crippen MR) is 356 cm³/mol. The third-order valence-corrected chi connectivity index (χ3v) is 21.0. The largest absolute Gasteiger partial charge is 0.455 e. The van der Waals surface area contributed by atoms with E-state index in [2.05, 4.69) is 19.9 Å². The van der Waals surface area contributed by atoms with Crippen LogP contribution in [0.3, 0.4) is 0 Å². The van der Waals surface area contributed by atoms with Crippen LogP contribution < -0.4 is 5.56 Å². The van der Waals surface area contributed by atoms with E-state index in [4.69, 9.17) is 51.3 Å². The number of ether oxygens (including phenoxy) is 7.